The van der Waals surface area contributed by atoms with Gasteiger partial charge in [-0.3, -0.25) is 4.79 Å². The first-order valence-corrected chi connectivity index (χ1v) is 6.35. The predicted octanol–water partition coefficient (Wildman–Crippen LogP) is -0.214. The van der Waals surface area contributed by atoms with Gasteiger partial charge in [0.15, 0.2) is 0 Å². The molecule has 0 aromatic carbocycles. The largest absolute Gasteiger partial charge is 0.388 e. The second-order valence-electron chi connectivity index (χ2n) is 5.55. The molecule has 1 saturated heterocycles. The molecule has 1 heterocycles. The van der Waals surface area contributed by atoms with Crippen LogP contribution >= 0.6 is 0 Å². The van der Waals surface area contributed by atoms with Crippen LogP contribution < -0.4 is 10.6 Å². The number of aliphatic hydroxyl groups is 1. The van der Waals surface area contributed by atoms with E-state index in [2.05, 4.69) is 10.6 Å². The second-order valence-corrected chi connectivity index (χ2v) is 5.55. The fourth-order valence-electron chi connectivity index (χ4n) is 2.34. The van der Waals surface area contributed by atoms with Crippen LogP contribution in [0.3, 0.4) is 0 Å². The maximum atomic E-state index is 11.6. The molecule has 1 saturated carbocycles. The third-order valence-corrected chi connectivity index (χ3v) is 3.70. The molecule has 0 spiro atoms. The molecule has 0 radical (unpaired) electrons. The quantitative estimate of drug-likeness (QED) is 0.624. The average molecular weight is 242 g/mol. The van der Waals surface area contributed by atoms with Crippen molar-refractivity contribution < 1.29 is 14.6 Å². The highest BCUT2D eigenvalue weighted by Crippen LogP contribution is 2.28. The number of carbonyl (C=O) groups is 1. The van der Waals surface area contributed by atoms with E-state index in [0.29, 0.717) is 6.54 Å². The van der Waals surface area contributed by atoms with E-state index in [1.54, 1.807) is 0 Å². The number of amides is 1. The Bertz CT molecular complexity index is 283. The van der Waals surface area contributed by atoms with Crippen LogP contribution in [0, 0.1) is 0 Å². The Labute approximate surface area is 102 Å². The number of nitrogens with one attached hydrogen (secondary N) is 2. The second kappa shape index (κ2) is 4.92. The van der Waals surface area contributed by atoms with E-state index in [-0.39, 0.29) is 18.1 Å². The molecule has 0 atom stereocenters. The summed E-state index contributed by atoms with van der Waals surface area (Å²) >= 11 is 0. The summed E-state index contributed by atoms with van der Waals surface area (Å²) in [7, 11) is 0. The van der Waals surface area contributed by atoms with Gasteiger partial charge in [-0.1, -0.05) is 12.8 Å². The molecule has 0 aromatic heterocycles. The molecule has 3 N–H and O–H groups in total. The average Bonchev–Trinajstić information content (AvgIpc) is 2.69. The first-order valence-electron chi connectivity index (χ1n) is 6.35. The van der Waals surface area contributed by atoms with E-state index in [4.69, 9.17) is 4.74 Å². The van der Waals surface area contributed by atoms with Crippen molar-refractivity contribution in [1.29, 1.82) is 0 Å². The van der Waals surface area contributed by atoms with Gasteiger partial charge in [0.1, 0.15) is 6.61 Å². The van der Waals surface area contributed by atoms with E-state index in [0.717, 1.165) is 38.8 Å². The molecule has 1 amide bonds. The minimum Gasteiger partial charge on any atom is -0.388 e. The minimum absolute atomic E-state index is 0.0776. The van der Waals surface area contributed by atoms with E-state index >= 15 is 0 Å². The summed E-state index contributed by atoms with van der Waals surface area (Å²) in [6, 6.07) is 0. The molecule has 2 rings (SSSR count). The molecule has 98 valence electrons. The van der Waals surface area contributed by atoms with Gasteiger partial charge >= 0.3 is 0 Å². The van der Waals surface area contributed by atoms with Gasteiger partial charge in [-0.15, -0.1) is 0 Å². The molecule has 0 aromatic rings. The van der Waals surface area contributed by atoms with E-state index in [1.165, 1.54) is 0 Å². The Balaban J connectivity index is 1.63. The predicted molar refractivity (Wildman–Crippen MR) is 63.7 cm³/mol. The SMILES string of the molecule is CC1(OCC(=O)NCC2(O)CCCC2)CNC1. The highest BCUT2D eigenvalue weighted by molar-refractivity contribution is 5.77. The zero-order valence-corrected chi connectivity index (χ0v) is 10.4. The molecular formula is C12H22N2O3. The van der Waals surface area contributed by atoms with Gasteiger partial charge < -0.3 is 20.5 Å². The maximum Gasteiger partial charge on any atom is 0.246 e. The normalized spacial score (nSPS) is 25.3. The van der Waals surface area contributed by atoms with Gasteiger partial charge in [0.05, 0.1) is 11.2 Å². The van der Waals surface area contributed by atoms with Gasteiger partial charge in [-0.25, -0.2) is 0 Å². The number of hydrogen-bond donors (Lipinski definition) is 3. The van der Waals surface area contributed by atoms with Crippen LogP contribution in [-0.2, 0) is 9.53 Å². The zero-order chi connectivity index (χ0) is 12.4. The third kappa shape index (κ3) is 3.40. The zero-order valence-electron chi connectivity index (χ0n) is 10.4. The fourth-order valence-corrected chi connectivity index (χ4v) is 2.34. The van der Waals surface area contributed by atoms with Crippen LogP contribution in [0.25, 0.3) is 0 Å². The molecule has 2 aliphatic rings. The molecule has 1 aliphatic heterocycles. The number of rotatable bonds is 5. The van der Waals surface area contributed by atoms with Crippen molar-refractivity contribution in [3.8, 4) is 0 Å². The first kappa shape index (κ1) is 12.8. The van der Waals surface area contributed by atoms with Crippen LogP contribution in [0.4, 0.5) is 0 Å². The summed E-state index contributed by atoms with van der Waals surface area (Å²) in [6.45, 7) is 4.01. The summed E-state index contributed by atoms with van der Waals surface area (Å²) in [5.41, 5.74) is -0.876. The Morgan fingerprint density at radius 1 is 1.41 bits per heavy atom. The summed E-state index contributed by atoms with van der Waals surface area (Å²) < 4.78 is 5.52. The van der Waals surface area contributed by atoms with Gasteiger partial charge in [0.2, 0.25) is 5.91 Å². The highest BCUT2D eigenvalue weighted by Gasteiger charge is 2.34. The molecule has 1 aliphatic carbocycles. The first-order chi connectivity index (χ1) is 8.02. The van der Waals surface area contributed by atoms with Gasteiger partial charge in [0, 0.05) is 19.6 Å². The van der Waals surface area contributed by atoms with Crippen LogP contribution in [-0.4, -0.2) is 48.5 Å². The summed E-state index contributed by atoms with van der Waals surface area (Å²) in [4.78, 5) is 11.6. The van der Waals surface area contributed by atoms with Crippen molar-refractivity contribution in [1.82, 2.24) is 10.6 Å². The summed E-state index contributed by atoms with van der Waals surface area (Å²) in [5, 5.41) is 15.9. The van der Waals surface area contributed by atoms with Crippen LogP contribution in [0.15, 0.2) is 0 Å². The number of hydrogen-bond acceptors (Lipinski definition) is 4. The van der Waals surface area contributed by atoms with Crippen molar-refractivity contribution in [3.05, 3.63) is 0 Å². The molecule has 0 unspecified atom stereocenters. The Morgan fingerprint density at radius 2 is 2.06 bits per heavy atom. The molecule has 0 bridgehead atoms. The standard InChI is InChI=1S/C12H22N2O3/c1-11(7-13-8-11)17-6-10(15)14-9-12(16)4-2-3-5-12/h13,16H,2-9H2,1H3,(H,14,15). The lowest BCUT2D eigenvalue weighted by Gasteiger charge is -2.38. The lowest BCUT2D eigenvalue weighted by Crippen LogP contribution is -2.59. The highest BCUT2D eigenvalue weighted by atomic mass is 16.5. The smallest absolute Gasteiger partial charge is 0.246 e. The molecule has 2 fully saturated rings. The molecule has 5 nitrogen and oxygen atoms in total. The molecule has 17 heavy (non-hydrogen) atoms. The van der Waals surface area contributed by atoms with Crippen molar-refractivity contribution in [3.63, 3.8) is 0 Å². The van der Waals surface area contributed by atoms with Crippen LogP contribution in [0.1, 0.15) is 32.6 Å². The van der Waals surface area contributed by atoms with Gasteiger partial charge in [-0.05, 0) is 19.8 Å². The van der Waals surface area contributed by atoms with Gasteiger partial charge in [-0.2, -0.15) is 0 Å². The van der Waals surface area contributed by atoms with Crippen LogP contribution in [0.2, 0.25) is 0 Å². The lowest BCUT2D eigenvalue weighted by molar-refractivity contribution is -0.136. The Hall–Kier alpha value is -0.650. The van der Waals surface area contributed by atoms with E-state index in [1.807, 2.05) is 6.92 Å². The van der Waals surface area contributed by atoms with E-state index < -0.39 is 5.60 Å². The van der Waals surface area contributed by atoms with Crippen molar-refractivity contribution in [2.75, 3.05) is 26.2 Å². The van der Waals surface area contributed by atoms with Crippen molar-refractivity contribution in [2.45, 2.75) is 43.8 Å². The van der Waals surface area contributed by atoms with Crippen molar-refractivity contribution in [2.24, 2.45) is 0 Å². The summed E-state index contributed by atoms with van der Waals surface area (Å²) in [6.07, 6.45) is 3.67. The minimum atomic E-state index is -0.683. The molecular weight excluding hydrogens is 220 g/mol. The summed E-state index contributed by atoms with van der Waals surface area (Å²) in [5.74, 6) is -0.140. The molecule has 5 heteroatoms. The Morgan fingerprint density at radius 3 is 2.59 bits per heavy atom. The van der Waals surface area contributed by atoms with Gasteiger partial charge in [0.25, 0.3) is 0 Å². The fraction of sp³-hybridized carbons (Fsp3) is 0.917. The Kier molecular flexibility index (Phi) is 3.70. The topological polar surface area (TPSA) is 70.6 Å². The van der Waals surface area contributed by atoms with Crippen molar-refractivity contribution >= 4 is 5.91 Å². The number of ether oxygens (including phenoxy) is 1. The van der Waals surface area contributed by atoms with Crippen LogP contribution in [0.5, 0.6) is 0 Å². The monoisotopic (exact) mass is 242 g/mol. The number of carbonyl (C=O) groups excluding carboxylic acids is 1. The lowest BCUT2D eigenvalue weighted by atomic mass is 10.0. The maximum absolute atomic E-state index is 11.6. The third-order valence-electron chi connectivity index (χ3n) is 3.70. The van der Waals surface area contributed by atoms with E-state index in [9.17, 15) is 9.90 Å².